The topological polar surface area (TPSA) is 55.6 Å². The van der Waals surface area contributed by atoms with E-state index in [9.17, 15) is 4.79 Å². The Bertz CT molecular complexity index is 506. The number of hydrogen-bond donors (Lipinski definition) is 1. The van der Waals surface area contributed by atoms with Crippen LogP contribution in [0, 0.1) is 5.92 Å². The van der Waals surface area contributed by atoms with Crippen molar-refractivity contribution in [2.45, 2.75) is 46.1 Å². The molecule has 2 rings (SSSR count). The number of ketones is 1. The van der Waals surface area contributed by atoms with Crippen LogP contribution in [0.15, 0.2) is 18.2 Å². The molecule has 1 aromatic carbocycles. The van der Waals surface area contributed by atoms with Gasteiger partial charge >= 0.3 is 0 Å². The Hall–Kier alpha value is -1.55. The van der Waals surface area contributed by atoms with Crippen LogP contribution >= 0.6 is 0 Å². The minimum atomic E-state index is 0.0744. The van der Waals surface area contributed by atoms with Crippen LogP contribution in [0.5, 0.6) is 5.75 Å². The second-order valence-electron chi connectivity index (χ2n) is 6.62. The SMILES string of the molecule is CC1CCN(CCC(=O)c2ccc(OC(C)C)c(N)c2)CC1. The first kappa shape index (κ1) is 16.8. The van der Waals surface area contributed by atoms with Gasteiger partial charge < -0.3 is 15.4 Å². The third kappa shape index (κ3) is 4.73. The Morgan fingerprint density at radius 3 is 2.64 bits per heavy atom. The van der Waals surface area contributed by atoms with Crippen molar-refractivity contribution in [1.82, 2.24) is 4.90 Å². The van der Waals surface area contributed by atoms with E-state index in [-0.39, 0.29) is 11.9 Å². The summed E-state index contributed by atoms with van der Waals surface area (Å²) in [6.07, 6.45) is 3.11. The van der Waals surface area contributed by atoms with Crippen LogP contribution in [0.4, 0.5) is 5.69 Å². The second kappa shape index (κ2) is 7.63. The van der Waals surface area contributed by atoms with Crippen molar-refractivity contribution in [2.24, 2.45) is 5.92 Å². The third-order valence-corrected chi connectivity index (χ3v) is 4.23. The van der Waals surface area contributed by atoms with Crippen molar-refractivity contribution in [3.05, 3.63) is 23.8 Å². The van der Waals surface area contributed by atoms with Gasteiger partial charge in [-0.2, -0.15) is 0 Å². The molecule has 22 heavy (non-hydrogen) atoms. The van der Waals surface area contributed by atoms with Crippen molar-refractivity contribution < 1.29 is 9.53 Å². The summed E-state index contributed by atoms with van der Waals surface area (Å²) in [5, 5.41) is 0. The number of Topliss-reactive ketones (excluding diaryl/α,β-unsaturated/α-hetero) is 1. The van der Waals surface area contributed by atoms with E-state index >= 15 is 0 Å². The highest BCUT2D eigenvalue weighted by molar-refractivity contribution is 5.97. The molecule has 0 radical (unpaired) electrons. The number of ether oxygens (including phenoxy) is 1. The molecule has 0 atom stereocenters. The molecule has 1 saturated heterocycles. The molecule has 1 aliphatic heterocycles. The number of piperidine rings is 1. The highest BCUT2D eigenvalue weighted by Crippen LogP contribution is 2.24. The van der Waals surface area contributed by atoms with Crippen LogP contribution in [0.25, 0.3) is 0 Å². The largest absolute Gasteiger partial charge is 0.489 e. The molecule has 0 aromatic heterocycles. The lowest BCUT2D eigenvalue weighted by Gasteiger charge is -2.29. The number of anilines is 1. The van der Waals surface area contributed by atoms with Gasteiger partial charge in [0.1, 0.15) is 5.75 Å². The Morgan fingerprint density at radius 2 is 2.05 bits per heavy atom. The molecule has 1 aliphatic rings. The van der Waals surface area contributed by atoms with E-state index in [1.54, 1.807) is 12.1 Å². The smallest absolute Gasteiger partial charge is 0.164 e. The number of rotatable bonds is 6. The summed E-state index contributed by atoms with van der Waals surface area (Å²) in [5.74, 6) is 1.62. The molecule has 0 aliphatic carbocycles. The fourth-order valence-electron chi connectivity index (χ4n) is 2.77. The number of carbonyl (C=O) groups is 1. The van der Waals surface area contributed by atoms with Crippen molar-refractivity contribution in [3.63, 3.8) is 0 Å². The quantitative estimate of drug-likeness (QED) is 0.647. The highest BCUT2D eigenvalue weighted by Gasteiger charge is 2.17. The van der Waals surface area contributed by atoms with E-state index < -0.39 is 0 Å². The van der Waals surface area contributed by atoms with Gasteiger partial charge in [0, 0.05) is 18.5 Å². The lowest BCUT2D eigenvalue weighted by molar-refractivity contribution is 0.0953. The van der Waals surface area contributed by atoms with E-state index in [2.05, 4.69) is 11.8 Å². The minimum absolute atomic E-state index is 0.0744. The summed E-state index contributed by atoms with van der Waals surface area (Å²) < 4.78 is 5.60. The van der Waals surface area contributed by atoms with E-state index in [1.807, 2.05) is 19.9 Å². The van der Waals surface area contributed by atoms with Crippen LogP contribution in [0.3, 0.4) is 0 Å². The zero-order chi connectivity index (χ0) is 16.1. The van der Waals surface area contributed by atoms with Crippen LogP contribution in [0.1, 0.15) is 50.4 Å². The van der Waals surface area contributed by atoms with Gasteiger partial charge in [0.2, 0.25) is 0 Å². The predicted molar refractivity (Wildman–Crippen MR) is 90.4 cm³/mol. The molecule has 1 heterocycles. The van der Waals surface area contributed by atoms with Gasteiger partial charge in [0.25, 0.3) is 0 Å². The maximum atomic E-state index is 12.3. The predicted octanol–water partition coefficient (Wildman–Crippen LogP) is 3.36. The van der Waals surface area contributed by atoms with E-state index in [0.29, 0.717) is 23.4 Å². The molecule has 4 nitrogen and oxygen atoms in total. The molecule has 4 heteroatoms. The zero-order valence-corrected chi connectivity index (χ0v) is 14.0. The Balaban J connectivity index is 1.88. The lowest BCUT2D eigenvalue weighted by atomic mass is 9.99. The summed E-state index contributed by atoms with van der Waals surface area (Å²) in [7, 11) is 0. The van der Waals surface area contributed by atoms with Crippen LogP contribution in [-0.4, -0.2) is 36.4 Å². The Morgan fingerprint density at radius 1 is 1.36 bits per heavy atom. The third-order valence-electron chi connectivity index (χ3n) is 4.23. The first-order valence-electron chi connectivity index (χ1n) is 8.27. The number of nitrogens with zero attached hydrogens (tertiary/aromatic N) is 1. The summed E-state index contributed by atoms with van der Waals surface area (Å²) >= 11 is 0. The maximum absolute atomic E-state index is 12.3. The number of carbonyl (C=O) groups excluding carboxylic acids is 1. The number of benzene rings is 1. The number of likely N-dealkylation sites (tertiary alicyclic amines) is 1. The van der Waals surface area contributed by atoms with Crippen LogP contribution in [0.2, 0.25) is 0 Å². The van der Waals surface area contributed by atoms with Crippen LogP contribution in [-0.2, 0) is 0 Å². The van der Waals surface area contributed by atoms with Crippen molar-refractivity contribution in [3.8, 4) is 5.75 Å². The first-order valence-corrected chi connectivity index (χ1v) is 8.27. The maximum Gasteiger partial charge on any atom is 0.164 e. The molecule has 0 bridgehead atoms. The van der Waals surface area contributed by atoms with Gasteiger partial charge in [0.05, 0.1) is 11.8 Å². The van der Waals surface area contributed by atoms with E-state index in [0.717, 1.165) is 25.6 Å². The van der Waals surface area contributed by atoms with E-state index in [4.69, 9.17) is 10.5 Å². The molecular weight excluding hydrogens is 276 g/mol. The number of hydrogen-bond acceptors (Lipinski definition) is 4. The summed E-state index contributed by atoms with van der Waals surface area (Å²) in [6.45, 7) is 9.27. The Labute approximate surface area is 133 Å². The van der Waals surface area contributed by atoms with Gasteiger partial charge in [-0.3, -0.25) is 4.79 Å². The van der Waals surface area contributed by atoms with Gasteiger partial charge in [-0.15, -0.1) is 0 Å². The number of nitrogens with two attached hydrogens (primary N) is 1. The molecule has 0 spiro atoms. The van der Waals surface area contributed by atoms with Gasteiger partial charge in [0.15, 0.2) is 5.78 Å². The average Bonchev–Trinajstić information content (AvgIpc) is 2.48. The van der Waals surface area contributed by atoms with Crippen LogP contribution < -0.4 is 10.5 Å². The van der Waals surface area contributed by atoms with Crippen molar-refractivity contribution >= 4 is 11.5 Å². The highest BCUT2D eigenvalue weighted by atomic mass is 16.5. The standard InChI is InChI=1S/C18H28N2O2/c1-13(2)22-18-5-4-15(12-16(18)19)17(21)8-11-20-9-6-14(3)7-10-20/h4-5,12-14H,6-11,19H2,1-3H3. The van der Waals surface area contributed by atoms with Gasteiger partial charge in [-0.25, -0.2) is 0 Å². The average molecular weight is 304 g/mol. The fraction of sp³-hybridized carbons (Fsp3) is 0.611. The van der Waals surface area contributed by atoms with Gasteiger partial charge in [-0.05, 0) is 63.9 Å². The fourth-order valence-corrected chi connectivity index (χ4v) is 2.77. The normalized spacial score (nSPS) is 16.9. The minimum Gasteiger partial charge on any atom is -0.489 e. The second-order valence-corrected chi connectivity index (χ2v) is 6.62. The molecule has 0 amide bonds. The molecule has 0 unspecified atom stereocenters. The zero-order valence-electron chi connectivity index (χ0n) is 14.0. The Kier molecular flexibility index (Phi) is 5.83. The molecule has 1 fully saturated rings. The molecule has 2 N–H and O–H groups in total. The van der Waals surface area contributed by atoms with Crippen molar-refractivity contribution in [1.29, 1.82) is 0 Å². The lowest BCUT2D eigenvalue weighted by Crippen LogP contribution is -2.34. The summed E-state index contributed by atoms with van der Waals surface area (Å²) in [6, 6.07) is 5.35. The summed E-state index contributed by atoms with van der Waals surface area (Å²) in [4.78, 5) is 14.7. The first-order chi connectivity index (χ1) is 10.5. The molecule has 0 saturated carbocycles. The summed E-state index contributed by atoms with van der Waals surface area (Å²) in [5.41, 5.74) is 7.19. The molecule has 1 aromatic rings. The monoisotopic (exact) mass is 304 g/mol. The van der Waals surface area contributed by atoms with Crippen molar-refractivity contribution in [2.75, 3.05) is 25.4 Å². The van der Waals surface area contributed by atoms with Gasteiger partial charge in [-0.1, -0.05) is 6.92 Å². The molecular formula is C18H28N2O2. The van der Waals surface area contributed by atoms with E-state index in [1.165, 1.54) is 12.8 Å². The molecule has 122 valence electrons. The number of nitrogen functional groups attached to an aromatic ring is 1.